The predicted octanol–water partition coefficient (Wildman–Crippen LogP) is 2.43. The summed E-state index contributed by atoms with van der Waals surface area (Å²) >= 11 is 0. The molecule has 2 N–H and O–H groups in total. The standard InChI is InChI=1S/C13H17N3O/c1-13(5-6-13)8-16-11-4-3-9(17-2)7-10(11)15-12(16)14/h3-4,7H,5-6,8H2,1-2H3,(H2,14,15). The lowest BCUT2D eigenvalue weighted by molar-refractivity contribution is 0.415. The van der Waals surface area contributed by atoms with Crippen molar-refractivity contribution in [1.29, 1.82) is 0 Å². The van der Waals surface area contributed by atoms with Crippen molar-refractivity contribution in [2.24, 2.45) is 5.41 Å². The summed E-state index contributed by atoms with van der Waals surface area (Å²) in [6.45, 7) is 3.25. The molecule has 1 aromatic heterocycles. The Kier molecular flexibility index (Phi) is 2.08. The van der Waals surface area contributed by atoms with Crippen molar-refractivity contribution in [1.82, 2.24) is 9.55 Å². The van der Waals surface area contributed by atoms with Crippen molar-refractivity contribution < 1.29 is 4.74 Å². The molecule has 0 unspecified atom stereocenters. The van der Waals surface area contributed by atoms with Crippen LogP contribution in [0, 0.1) is 5.41 Å². The number of imidazole rings is 1. The Bertz CT molecular complexity index is 569. The van der Waals surface area contributed by atoms with Gasteiger partial charge in [-0.25, -0.2) is 4.98 Å². The molecule has 1 heterocycles. The predicted molar refractivity (Wildman–Crippen MR) is 68.0 cm³/mol. The number of methoxy groups -OCH3 is 1. The zero-order valence-electron chi connectivity index (χ0n) is 10.2. The first-order valence-corrected chi connectivity index (χ1v) is 5.91. The zero-order valence-corrected chi connectivity index (χ0v) is 10.2. The highest BCUT2D eigenvalue weighted by atomic mass is 16.5. The van der Waals surface area contributed by atoms with Crippen LogP contribution in [0.3, 0.4) is 0 Å². The summed E-state index contributed by atoms with van der Waals surface area (Å²) in [4.78, 5) is 4.39. The van der Waals surface area contributed by atoms with Crippen molar-refractivity contribution in [2.45, 2.75) is 26.3 Å². The molecule has 0 bridgehead atoms. The maximum atomic E-state index is 5.99. The van der Waals surface area contributed by atoms with E-state index >= 15 is 0 Å². The van der Waals surface area contributed by atoms with E-state index in [1.807, 2.05) is 18.2 Å². The van der Waals surface area contributed by atoms with Gasteiger partial charge in [0.2, 0.25) is 5.95 Å². The van der Waals surface area contributed by atoms with E-state index in [1.165, 1.54) is 12.8 Å². The normalized spacial score (nSPS) is 17.3. The first-order chi connectivity index (χ1) is 8.11. The van der Waals surface area contributed by atoms with Gasteiger partial charge in [0.1, 0.15) is 5.75 Å². The van der Waals surface area contributed by atoms with Gasteiger partial charge < -0.3 is 15.0 Å². The molecule has 90 valence electrons. The Hall–Kier alpha value is -1.71. The number of benzene rings is 1. The Morgan fingerprint density at radius 1 is 1.47 bits per heavy atom. The lowest BCUT2D eigenvalue weighted by Crippen LogP contribution is -2.10. The average Bonchev–Trinajstić information content (AvgIpc) is 2.96. The number of anilines is 1. The van der Waals surface area contributed by atoms with Crippen LogP contribution >= 0.6 is 0 Å². The van der Waals surface area contributed by atoms with Gasteiger partial charge in [-0.1, -0.05) is 6.92 Å². The SMILES string of the molecule is COc1ccc2c(c1)nc(N)n2CC1(C)CC1. The zero-order chi connectivity index (χ0) is 12.0. The molecule has 0 amide bonds. The lowest BCUT2D eigenvalue weighted by Gasteiger charge is -2.11. The summed E-state index contributed by atoms with van der Waals surface area (Å²) in [5, 5.41) is 0. The smallest absolute Gasteiger partial charge is 0.201 e. The fourth-order valence-corrected chi connectivity index (χ4v) is 2.17. The number of nitrogen functional groups attached to an aromatic ring is 1. The van der Waals surface area contributed by atoms with Crippen LogP contribution in [0.1, 0.15) is 19.8 Å². The number of hydrogen-bond acceptors (Lipinski definition) is 3. The molecule has 17 heavy (non-hydrogen) atoms. The molecule has 2 aromatic rings. The van der Waals surface area contributed by atoms with Crippen LogP contribution in [0.5, 0.6) is 5.75 Å². The molecule has 0 atom stereocenters. The molecule has 0 radical (unpaired) electrons. The Morgan fingerprint density at radius 2 is 2.24 bits per heavy atom. The molecule has 4 nitrogen and oxygen atoms in total. The minimum absolute atomic E-state index is 0.418. The highest BCUT2D eigenvalue weighted by Crippen LogP contribution is 2.47. The highest BCUT2D eigenvalue weighted by Gasteiger charge is 2.38. The minimum atomic E-state index is 0.418. The molecule has 0 saturated heterocycles. The summed E-state index contributed by atoms with van der Waals surface area (Å²) in [6, 6.07) is 5.91. The number of rotatable bonds is 3. The van der Waals surface area contributed by atoms with Gasteiger partial charge >= 0.3 is 0 Å². The number of nitrogens with zero attached hydrogens (tertiary/aromatic N) is 2. The van der Waals surface area contributed by atoms with Gasteiger partial charge in [-0.3, -0.25) is 0 Å². The van der Waals surface area contributed by atoms with E-state index in [0.717, 1.165) is 23.3 Å². The summed E-state index contributed by atoms with van der Waals surface area (Å²) < 4.78 is 7.31. The number of aromatic nitrogens is 2. The van der Waals surface area contributed by atoms with Crippen LogP contribution in [-0.2, 0) is 6.54 Å². The molecule has 4 heteroatoms. The average molecular weight is 231 g/mol. The second-order valence-electron chi connectivity index (χ2n) is 5.22. The van der Waals surface area contributed by atoms with E-state index in [0.29, 0.717) is 11.4 Å². The van der Waals surface area contributed by atoms with Gasteiger partial charge in [0.05, 0.1) is 18.1 Å². The summed E-state index contributed by atoms with van der Waals surface area (Å²) in [7, 11) is 1.66. The van der Waals surface area contributed by atoms with Crippen LogP contribution in [0.4, 0.5) is 5.95 Å². The molecule has 1 aliphatic carbocycles. The topological polar surface area (TPSA) is 53.1 Å². The number of nitrogens with two attached hydrogens (primary N) is 1. The first kappa shape index (κ1) is 10.4. The van der Waals surface area contributed by atoms with Crippen LogP contribution in [0.25, 0.3) is 11.0 Å². The van der Waals surface area contributed by atoms with Gasteiger partial charge in [-0.2, -0.15) is 0 Å². The van der Waals surface area contributed by atoms with Gasteiger partial charge in [-0.15, -0.1) is 0 Å². The van der Waals surface area contributed by atoms with Crippen LogP contribution in [-0.4, -0.2) is 16.7 Å². The van der Waals surface area contributed by atoms with E-state index < -0.39 is 0 Å². The van der Waals surface area contributed by atoms with E-state index in [9.17, 15) is 0 Å². The molecule has 0 aliphatic heterocycles. The van der Waals surface area contributed by atoms with E-state index in [2.05, 4.69) is 16.5 Å². The van der Waals surface area contributed by atoms with Crippen molar-refractivity contribution in [3.8, 4) is 5.75 Å². The number of fused-ring (bicyclic) bond motifs is 1. The number of ether oxygens (including phenoxy) is 1. The molecule has 3 rings (SSSR count). The van der Waals surface area contributed by atoms with E-state index in [4.69, 9.17) is 10.5 Å². The summed E-state index contributed by atoms with van der Waals surface area (Å²) in [5.74, 6) is 1.42. The Labute approximate surface area is 100 Å². The fraction of sp³-hybridized carbons (Fsp3) is 0.462. The fourth-order valence-electron chi connectivity index (χ4n) is 2.17. The third-order valence-electron chi connectivity index (χ3n) is 3.63. The van der Waals surface area contributed by atoms with Gasteiger partial charge in [0.15, 0.2) is 0 Å². The number of hydrogen-bond donors (Lipinski definition) is 1. The van der Waals surface area contributed by atoms with Crippen LogP contribution in [0.15, 0.2) is 18.2 Å². The van der Waals surface area contributed by atoms with Gasteiger partial charge in [0, 0.05) is 12.6 Å². The van der Waals surface area contributed by atoms with E-state index in [1.54, 1.807) is 7.11 Å². The van der Waals surface area contributed by atoms with Crippen molar-refractivity contribution in [3.05, 3.63) is 18.2 Å². The van der Waals surface area contributed by atoms with Crippen LogP contribution in [0.2, 0.25) is 0 Å². The molecule has 1 aliphatic rings. The van der Waals surface area contributed by atoms with Crippen molar-refractivity contribution >= 4 is 17.0 Å². The molecule has 1 fully saturated rings. The van der Waals surface area contributed by atoms with Crippen molar-refractivity contribution in [3.63, 3.8) is 0 Å². The Balaban J connectivity index is 2.07. The third kappa shape index (κ3) is 1.73. The second-order valence-corrected chi connectivity index (χ2v) is 5.22. The molecule has 1 aromatic carbocycles. The van der Waals surface area contributed by atoms with Gasteiger partial charge in [0.25, 0.3) is 0 Å². The molecule has 0 spiro atoms. The van der Waals surface area contributed by atoms with Gasteiger partial charge in [-0.05, 0) is 30.4 Å². The summed E-state index contributed by atoms with van der Waals surface area (Å²) in [5.41, 5.74) is 8.41. The monoisotopic (exact) mass is 231 g/mol. The molecule has 1 saturated carbocycles. The maximum Gasteiger partial charge on any atom is 0.201 e. The largest absolute Gasteiger partial charge is 0.497 e. The molecular formula is C13H17N3O. The van der Waals surface area contributed by atoms with E-state index in [-0.39, 0.29) is 0 Å². The quantitative estimate of drug-likeness (QED) is 0.882. The highest BCUT2D eigenvalue weighted by molar-refractivity contribution is 5.79. The minimum Gasteiger partial charge on any atom is -0.497 e. The molecular weight excluding hydrogens is 214 g/mol. The van der Waals surface area contributed by atoms with Crippen molar-refractivity contribution in [2.75, 3.05) is 12.8 Å². The maximum absolute atomic E-state index is 5.99. The van der Waals surface area contributed by atoms with Crippen LogP contribution < -0.4 is 10.5 Å². The third-order valence-corrected chi connectivity index (χ3v) is 3.63. The first-order valence-electron chi connectivity index (χ1n) is 5.91. The summed E-state index contributed by atoms with van der Waals surface area (Å²) in [6.07, 6.45) is 2.56. The second kappa shape index (κ2) is 3.39. The Morgan fingerprint density at radius 3 is 2.88 bits per heavy atom. The lowest BCUT2D eigenvalue weighted by atomic mass is 10.1.